The van der Waals surface area contributed by atoms with Crippen LogP contribution in [-0.2, 0) is 6.18 Å². The van der Waals surface area contributed by atoms with Crippen molar-refractivity contribution in [3.63, 3.8) is 0 Å². The predicted molar refractivity (Wildman–Crippen MR) is 116 cm³/mol. The van der Waals surface area contributed by atoms with Crippen LogP contribution < -0.4 is 21.7 Å². The third kappa shape index (κ3) is 5.82. The Bertz CT molecular complexity index is 993. The number of pyridine rings is 1. The van der Waals surface area contributed by atoms with Gasteiger partial charge in [-0.05, 0) is 25.8 Å². The zero-order valence-corrected chi connectivity index (χ0v) is 18.2. The maximum Gasteiger partial charge on any atom is 0.420 e. The second-order valence-corrected chi connectivity index (χ2v) is 7.84. The highest BCUT2D eigenvalue weighted by Crippen LogP contribution is 2.43. The van der Waals surface area contributed by atoms with E-state index in [1.54, 1.807) is 0 Å². The van der Waals surface area contributed by atoms with Gasteiger partial charge < -0.3 is 26.8 Å². The number of aromatic nitrogens is 1. The number of nitrogens with zero attached hydrogens (tertiary/aromatic N) is 2. The summed E-state index contributed by atoms with van der Waals surface area (Å²) >= 11 is 0. The van der Waals surface area contributed by atoms with Crippen molar-refractivity contribution in [3.8, 4) is 0 Å². The van der Waals surface area contributed by atoms with Gasteiger partial charge in [0.25, 0.3) is 5.91 Å². The van der Waals surface area contributed by atoms with E-state index >= 15 is 0 Å². The van der Waals surface area contributed by atoms with Gasteiger partial charge in [-0.2, -0.15) is 26.3 Å². The van der Waals surface area contributed by atoms with Crippen molar-refractivity contribution in [1.29, 1.82) is 0 Å². The normalized spacial score (nSPS) is 17.2. The Hall–Kier alpha value is -3.22. The molecule has 6 N–H and O–H groups in total. The van der Waals surface area contributed by atoms with Crippen LogP contribution in [0.15, 0.2) is 30.9 Å². The molecule has 1 fully saturated rings. The minimum Gasteiger partial charge on any atom is -0.398 e. The number of nitrogen functional groups attached to an aromatic ring is 1. The second-order valence-electron chi connectivity index (χ2n) is 7.84. The predicted octanol–water partition coefficient (Wildman–Crippen LogP) is 3.37. The lowest BCUT2D eigenvalue weighted by molar-refractivity contribution is -0.249. The monoisotopic (exact) mass is 493 g/mol. The molecule has 7 nitrogen and oxygen atoms in total. The zero-order chi connectivity index (χ0) is 25.9. The first-order valence-electron chi connectivity index (χ1n) is 10.1. The van der Waals surface area contributed by atoms with Crippen LogP contribution in [0.5, 0.6) is 0 Å². The fraction of sp³-hybridized carbons (Fsp3) is 0.429. The first kappa shape index (κ1) is 27.0. The SMILES string of the molecule is C=C/C=C\C=C(/N)c1c(N)c(C(=O)NCC(C)(O)C(F)(F)F)nc(N2CCCC2)c1C(F)(F)F. The molecule has 1 aliphatic rings. The molecule has 13 heteroatoms. The van der Waals surface area contributed by atoms with Crippen molar-refractivity contribution in [1.82, 2.24) is 10.3 Å². The molecule has 1 saturated heterocycles. The molecule has 188 valence electrons. The number of hydrogen-bond donors (Lipinski definition) is 4. The van der Waals surface area contributed by atoms with Gasteiger partial charge in [-0.1, -0.05) is 24.8 Å². The third-order valence-electron chi connectivity index (χ3n) is 5.14. The van der Waals surface area contributed by atoms with Gasteiger partial charge in [-0.15, -0.1) is 0 Å². The summed E-state index contributed by atoms with van der Waals surface area (Å²) in [4.78, 5) is 17.8. The molecule has 1 aromatic heterocycles. The van der Waals surface area contributed by atoms with Crippen molar-refractivity contribution in [2.45, 2.75) is 37.7 Å². The Balaban J connectivity index is 2.70. The van der Waals surface area contributed by atoms with Gasteiger partial charge in [-0.25, -0.2) is 4.98 Å². The third-order valence-corrected chi connectivity index (χ3v) is 5.14. The van der Waals surface area contributed by atoms with E-state index in [1.165, 1.54) is 23.1 Å². The van der Waals surface area contributed by atoms with Crippen LogP contribution in [-0.4, -0.2) is 47.4 Å². The van der Waals surface area contributed by atoms with Gasteiger partial charge in [0.05, 0.1) is 12.2 Å². The van der Waals surface area contributed by atoms with Crippen LogP contribution in [0.4, 0.5) is 37.8 Å². The quantitative estimate of drug-likeness (QED) is 0.342. The van der Waals surface area contributed by atoms with Crippen LogP contribution in [0.1, 0.15) is 41.4 Å². The van der Waals surface area contributed by atoms with E-state index in [1.807, 2.05) is 5.32 Å². The number of rotatable bonds is 7. The summed E-state index contributed by atoms with van der Waals surface area (Å²) in [7, 11) is 0. The van der Waals surface area contributed by atoms with Gasteiger partial charge in [0, 0.05) is 24.4 Å². The van der Waals surface area contributed by atoms with Crippen LogP contribution in [0.25, 0.3) is 5.70 Å². The van der Waals surface area contributed by atoms with E-state index in [4.69, 9.17) is 11.5 Å². The molecule has 1 aliphatic heterocycles. The van der Waals surface area contributed by atoms with Crippen molar-refractivity contribution >= 4 is 23.1 Å². The molecule has 0 bridgehead atoms. The molecule has 34 heavy (non-hydrogen) atoms. The molecule has 1 amide bonds. The fourth-order valence-electron chi connectivity index (χ4n) is 3.24. The number of halogens is 6. The number of carbonyl (C=O) groups is 1. The van der Waals surface area contributed by atoms with Gasteiger partial charge in [0.1, 0.15) is 11.4 Å². The summed E-state index contributed by atoms with van der Waals surface area (Å²) < 4.78 is 81.3. The Morgan fingerprint density at radius 2 is 1.79 bits per heavy atom. The summed E-state index contributed by atoms with van der Waals surface area (Å²) in [6.45, 7) is 3.01. The molecule has 0 saturated carbocycles. The van der Waals surface area contributed by atoms with Gasteiger partial charge in [0.2, 0.25) is 0 Å². The number of nitrogens with one attached hydrogen (secondary N) is 1. The smallest absolute Gasteiger partial charge is 0.398 e. The minimum atomic E-state index is -5.07. The summed E-state index contributed by atoms with van der Waals surface area (Å²) in [5.41, 5.74) is 4.57. The number of aliphatic hydroxyl groups is 1. The lowest BCUT2D eigenvalue weighted by Gasteiger charge is -2.28. The molecule has 0 aliphatic carbocycles. The van der Waals surface area contributed by atoms with E-state index in [0.717, 1.165) is 6.08 Å². The number of carbonyl (C=O) groups excluding carboxylic acids is 1. The lowest BCUT2D eigenvalue weighted by atomic mass is 9.99. The van der Waals surface area contributed by atoms with Crippen LogP contribution in [0, 0.1) is 0 Å². The molecule has 1 aromatic rings. The molecule has 1 unspecified atom stereocenters. The van der Waals surface area contributed by atoms with Crippen molar-refractivity contribution in [3.05, 3.63) is 47.7 Å². The van der Waals surface area contributed by atoms with E-state index in [0.29, 0.717) is 19.8 Å². The van der Waals surface area contributed by atoms with E-state index in [9.17, 15) is 36.2 Å². The Morgan fingerprint density at radius 3 is 2.29 bits per heavy atom. The highest BCUT2D eigenvalue weighted by molar-refractivity contribution is 6.01. The maximum atomic E-state index is 14.2. The molecular weight excluding hydrogens is 468 g/mol. The van der Waals surface area contributed by atoms with E-state index in [2.05, 4.69) is 11.6 Å². The number of amides is 1. The average Bonchev–Trinajstić information content (AvgIpc) is 3.25. The van der Waals surface area contributed by atoms with E-state index < -0.39 is 64.4 Å². The second kappa shape index (κ2) is 9.95. The maximum absolute atomic E-state index is 14.2. The summed E-state index contributed by atoms with van der Waals surface area (Å²) in [6.07, 6.45) is -3.73. The average molecular weight is 493 g/mol. The van der Waals surface area contributed by atoms with E-state index in [-0.39, 0.29) is 13.1 Å². The van der Waals surface area contributed by atoms with Crippen molar-refractivity contribution < 1.29 is 36.2 Å². The van der Waals surface area contributed by atoms with Crippen molar-refractivity contribution in [2.24, 2.45) is 5.73 Å². The first-order valence-corrected chi connectivity index (χ1v) is 10.1. The largest absolute Gasteiger partial charge is 0.420 e. The van der Waals surface area contributed by atoms with Gasteiger partial charge in [0.15, 0.2) is 11.3 Å². The summed E-state index contributed by atoms with van der Waals surface area (Å²) in [6, 6.07) is 0. The number of nitrogens with two attached hydrogens (primary N) is 2. The molecule has 2 heterocycles. The van der Waals surface area contributed by atoms with Gasteiger partial charge in [-0.3, -0.25) is 4.79 Å². The Morgan fingerprint density at radius 1 is 1.21 bits per heavy atom. The number of alkyl halides is 6. The number of anilines is 2. The zero-order valence-electron chi connectivity index (χ0n) is 18.2. The summed E-state index contributed by atoms with van der Waals surface area (Å²) in [5, 5.41) is 11.4. The lowest BCUT2D eigenvalue weighted by Crippen LogP contribution is -2.51. The Kier molecular flexibility index (Phi) is 7.91. The highest BCUT2D eigenvalue weighted by atomic mass is 19.4. The molecule has 0 spiro atoms. The summed E-state index contributed by atoms with van der Waals surface area (Å²) in [5.74, 6) is -1.90. The molecule has 1 atom stereocenters. The molecular formula is C21H25F6N5O2. The number of allylic oxidation sites excluding steroid dienone is 4. The highest BCUT2D eigenvalue weighted by Gasteiger charge is 2.50. The topological polar surface area (TPSA) is 118 Å². The van der Waals surface area contributed by atoms with Crippen molar-refractivity contribution in [2.75, 3.05) is 30.3 Å². The number of hydrogen-bond acceptors (Lipinski definition) is 6. The van der Waals surface area contributed by atoms with Crippen LogP contribution >= 0.6 is 0 Å². The Labute approximate surface area is 191 Å². The molecule has 0 aromatic carbocycles. The van der Waals surface area contributed by atoms with Gasteiger partial charge >= 0.3 is 12.4 Å². The molecule has 2 rings (SSSR count). The fourth-order valence-corrected chi connectivity index (χ4v) is 3.24. The van der Waals surface area contributed by atoms with Crippen LogP contribution in [0.3, 0.4) is 0 Å². The molecule has 0 radical (unpaired) electrons. The first-order chi connectivity index (χ1) is 15.6. The standard InChI is InChI=1S/C21H25F6N5O2/c1-3-4-5-8-12(28)13-14(20(22,23)24)17(32-9-6-7-10-32)31-16(15(13)29)18(33)30-11-19(2,34)21(25,26)27/h3-5,8,34H,1,6-7,9-11,28-29H2,2H3,(H,30,33)/b5-4-,12-8-. The minimum absolute atomic E-state index is 0.212. The van der Waals surface area contributed by atoms with Crippen LogP contribution in [0.2, 0.25) is 0 Å².